The van der Waals surface area contributed by atoms with E-state index in [1.54, 1.807) is 30.3 Å². The van der Waals surface area contributed by atoms with Gasteiger partial charge < -0.3 is 14.8 Å². The van der Waals surface area contributed by atoms with Crippen LogP contribution in [0.15, 0.2) is 66.7 Å². The first-order valence-corrected chi connectivity index (χ1v) is 10.3. The van der Waals surface area contributed by atoms with Crippen molar-refractivity contribution in [2.45, 2.75) is 12.8 Å². The summed E-state index contributed by atoms with van der Waals surface area (Å²) < 4.78 is 49.8. The summed E-state index contributed by atoms with van der Waals surface area (Å²) in [5.74, 6) is 0.315. The van der Waals surface area contributed by atoms with Crippen LogP contribution in [-0.2, 0) is 17.6 Å². The van der Waals surface area contributed by atoms with Crippen LogP contribution in [0.25, 0.3) is 6.08 Å². The number of nitrogens with one attached hydrogen (secondary N) is 1. The Morgan fingerprint density at radius 3 is 2.39 bits per heavy atom. The molecule has 0 aliphatic carbocycles. The number of alkyl halides is 3. The summed E-state index contributed by atoms with van der Waals surface area (Å²) in [5, 5.41) is 2.98. The van der Waals surface area contributed by atoms with Crippen LogP contribution in [0.2, 0.25) is 10.0 Å². The van der Waals surface area contributed by atoms with Crippen LogP contribution in [0.3, 0.4) is 0 Å². The Labute approximate surface area is 198 Å². The summed E-state index contributed by atoms with van der Waals surface area (Å²) in [6, 6.07) is 15.0. The first-order chi connectivity index (χ1) is 15.7. The van der Waals surface area contributed by atoms with E-state index in [1.807, 2.05) is 12.1 Å². The zero-order chi connectivity index (χ0) is 24.0. The summed E-state index contributed by atoms with van der Waals surface area (Å²) in [7, 11) is 1.49. The van der Waals surface area contributed by atoms with E-state index in [0.717, 1.165) is 23.8 Å². The number of halogens is 5. The average Bonchev–Trinajstić information content (AvgIpc) is 2.78. The summed E-state index contributed by atoms with van der Waals surface area (Å²) >= 11 is 11.8. The van der Waals surface area contributed by atoms with Crippen molar-refractivity contribution in [3.63, 3.8) is 0 Å². The first-order valence-electron chi connectivity index (χ1n) is 9.57. The smallest absolute Gasteiger partial charge is 0.416 e. The molecule has 0 atom stereocenters. The van der Waals surface area contributed by atoms with Gasteiger partial charge >= 0.3 is 6.18 Å². The van der Waals surface area contributed by atoms with Gasteiger partial charge in [0.2, 0.25) is 5.91 Å². The maximum atomic E-state index is 12.9. The maximum absolute atomic E-state index is 12.9. The number of carbonyl (C=O) groups is 1. The highest BCUT2D eigenvalue weighted by atomic mass is 35.5. The second-order valence-electron chi connectivity index (χ2n) is 6.84. The Hall–Kier alpha value is -3.16. The van der Waals surface area contributed by atoms with Crippen molar-refractivity contribution < 1.29 is 27.4 Å². The molecule has 1 amide bonds. The van der Waals surface area contributed by atoms with Crippen LogP contribution in [0.5, 0.6) is 11.5 Å². The van der Waals surface area contributed by atoms with E-state index in [9.17, 15) is 18.0 Å². The van der Waals surface area contributed by atoms with E-state index in [1.165, 1.54) is 19.3 Å². The standard InChI is InChI=1S/C24H18Cl2F3NO3/c1-32-22-12-15(4-10-21(22)33-14-16-2-7-18(25)8-3-16)5-11-23(31)30-20-13-17(24(27,28)29)6-9-19(20)26/h2-13H,14H2,1H3,(H,30,31). The van der Waals surface area contributed by atoms with Gasteiger partial charge in [0.1, 0.15) is 6.61 Å². The van der Waals surface area contributed by atoms with Crippen molar-refractivity contribution in [3.05, 3.63) is 93.5 Å². The van der Waals surface area contributed by atoms with Crippen molar-refractivity contribution in [1.82, 2.24) is 0 Å². The third kappa shape index (κ3) is 6.91. The van der Waals surface area contributed by atoms with Crippen molar-refractivity contribution in [1.29, 1.82) is 0 Å². The summed E-state index contributed by atoms with van der Waals surface area (Å²) in [5.41, 5.74) is 0.501. The van der Waals surface area contributed by atoms with Crippen molar-refractivity contribution in [2.75, 3.05) is 12.4 Å². The molecule has 0 saturated carbocycles. The fraction of sp³-hybridized carbons (Fsp3) is 0.125. The van der Waals surface area contributed by atoms with Gasteiger partial charge in [-0.05, 0) is 59.7 Å². The molecule has 0 unspecified atom stereocenters. The van der Waals surface area contributed by atoms with Crippen molar-refractivity contribution >= 4 is 40.9 Å². The zero-order valence-electron chi connectivity index (χ0n) is 17.2. The van der Waals surface area contributed by atoms with E-state index in [-0.39, 0.29) is 10.7 Å². The first kappa shape index (κ1) is 24.5. The Kier molecular flexibility index (Phi) is 7.89. The number of carbonyl (C=O) groups excluding carboxylic acids is 1. The van der Waals surface area contributed by atoms with Gasteiger partial charge in [-0.2, -0.15) is 13.2 Å². The molecule has 3 rings (SSSR count). The highest BCUT2D eigenvalue weighted by Crippen LogP contribution is 2.34. The van der Waals surface area contributed by atoms with Gasteiger partial charge in [0.15, 0.2) is 11.5 Å². The molecule has 3 aromatic rings. The largest absolute Gasteiger partial charge is 0.493 e. The van der Waals surface area contributed by atoms with Crippen LogP contribution in [0.1, 0.15) is 16.7 Å². The topological polar surface area (TPSA) is 47.6 Å². The van der Waals surface area contributed by atoms with Gasteiger partial charge in [0.25, 0.3) is 0 Å². The normalized spacial score (nSPS) is 11.5. The van der Waals surface area contributed by atoms with Gasteiger partial charge in [-0.25, -0.2) is 0 Å². The third-order valence-corrected chi connectivity index (χ3v) is 5.06. The predicted molar refractivity (Wildman–Crippen MR) is 123 cm³/mol. The van der Waals surface area contributed by atoms with Gasteiger partial charge in [-0.15, -0.1) is 0 Å². The van der Waals surface area contributed by atoms with Crippen LogP contribution >= 0.6 is 23.2 Å². The number of hydrogen-bond acceptors (Lipinski definition) is 3. The number of amides is 1. The highest BCUT2D eigenvalue weighted by molar-refractivity contribution is 6.33. The number of rotatable bonds is 7. The molecule has 0 fully saturated rings. The minimum absolute atomic E-state index is 0.00592. The lowest BCUT2D eigenvalue weighted by atomic mass is 10.1. The van der Waals surface area contributed by atoms with Gasteiger partial charge in [-0.1, -0.05) is 41.4 Å². The fourth-order valence-electron chi connectivity index (χ4n) is 2.79. The second-order valence-corrected chi connectivity index (χ2v) is 7.68. The molecule has 0 aliphatic rings. The molecule has 33 heavy (non-hydrogen) atoms. The molecular formula is C24H18Cl2F3NO3. The van der Waals surface area contributed by atoms with Gasteiger partial charge in [0.05, 0.1) is 23.4 Å². The molecule has 4 nitrogen and oxygen atoms in total. The zero-order valence-corrected chi connectivity index (χ0v) is 18.8. The lowest BCUT2D eigenvalue weighted by molar-refractivity contribution is -0.137. The summed E-state index contributed by atoms with van der Waals surface area (Å²) in [6.07, 6.45) is -1.88. The minimum atomic E-state index is -4.55. The molecule has 0 saturated heterocycles. The van der Waals surface area contributed by atoms with Crippen LogP contribution < -0.4 is 14.8 Å². The molecule has 0 aliphatic heterocycles. The minimum Gasteiger partial charge on any atom is -0.493 e. The Morgan fingerprint density at radius 1 is 1.00 bits per heavy atom. The van der Waals surface area contributed by atoms with Crippen molar-refractivity contribution in [2.24, 2.45) is 0 Å². The van der Waals surface area contributed by atoms with Gasteiger partial charge in [0, 0.05) is 11.1 Å². The second kappa shape index (κ2) is 10.6. The average molecular weight is 496 g/mol. The number of hydrogen-bond donors (Lipinski definition) is 1. The SMILES string of the molecule is COc1cc(C=CC(=O)Nc2cc(C(F)(F)F)ccc2Cl)ccc1OCc1ccc(Cl)cc1. The highest BCUT2D eigenvalue weighted by Gasteiger charge is 2.31. The van der Waals surface area contributed by atoms with E-state index < -0.39 is 17.6 Å². The molecule has 0 radical (unpaired) electrons. The third-order valence-electron chi connectivity index (χ3n) is 4.47. The molecule has 0 aromatic heterocycles. The number of methoxy groups -OCH3 is 1. The molecule has 0 spiro atoms. The van der Waals surface area contributed by atoms with Crippen LogP contribution in [0.4, 0.5) is 18.9 Å². The summed E-state index contributed by atoms with van der Waals surface area (Å²) in [4.78, 5) is 12.2. The molecule has 0 bridgehead atoms. The van der Waals surface area contributed by atoms with Crippen LogP contribution in [-0.4, -0.2) is 13.0 Å². The molecule has 3 aromatic carbocycles. The Bertz CT molecular complexity index is 1160. The Balaban J connectivity index is 1.67. The summed E-state index contributed by atoms with van der Waals surface area (Å²) in [6.45, 7) is 0.308. The quantitative estimate of drug-likeness (QED) is 0.351. The number of anilines is 1. The maximum Gasteiger partial charge on any atom is 0.416 e. The number of benzene rings is 3. The molecule has 172 valence electrons. The Morgan fingerprint density at radius 2 is 1.73 bits per heavy atom. The molecule has 1 N–H and O–H groups in total. The van der Waals surface area contributed by atoms with Gasteiger partial charge in [-0.3, -0.25) is 4.79 Å². The van der Waals surface area contributed by atoms with E-state index in [2.05, 4.69) is 5.32 Å². The number of ether oxygens (including phenoxy) is 2. The van der Waals surface area contributed by atoms with E-state index in [4.69, 9.17) is 32.7 Å². The van der Waals surface area contributed by atoms with Crippen molar-refractivity contribution in [3.8, 4) is 11.5 Å². The molecule has 0 heterocycles. The molecule has 9 heteroatoms. The molecular weight excluding hydrogens is 478 g/mol. The monoisotopic (exact) mass is 495 g/mol. The lowest BCUT2D eigenvalue weighted by Gasteiger charge is -2.12. The fourth-order valence-corrected chi connectivity index (χ4v) is 3.08. The predicted octanol–water partition coefficient (Wildman–Crippen LogP) is 7.25. The lowest BCUT2D eigenvalue weighted by Crippen LogP contribution is -2.11. The van der Waals surface area contributed by atoms with Crippen LogP contribution in [0, 0.1) is 0 Å². The van der Waals surface area contributed by atoms with E-state index in [0.29, 0.717) is 28.7 Å². The van der Waals surface area contributed by atoms with E-state index >= 15 is 0 Å².